The zero-order valence-electron chi connectivity index (χ0n) is 10.3. The van der Waals surface area contributed by atoms with Gasteiger partial charge in [0.1, 0.15) is 0 Å². The summed E-state index contributed by atoms with van der Waals surface area (Å²) in [4.78, 5) is 15.4. The predicted molar refractivity (Wildman–Crippen MR) is 77.4 cm³/mol. The van der Waals surface area contributed by atoms with Crippen molar-refractivity contribution >= 4 is 34.6 Å². The molecular formula is C13H13ClN2O2S. The lowest BCUT2D eigenvalue weighted by Crippen LogP contribution is -2.12. The SMILES string of the molecule is CC(CNc1ccc(Cl)cc1C(=O)O)c1nccs1. The third kappa shape index (κ3) is 3.45. The van der Waals surface area contributed by atoms with Crippen LogP contribution in [-0.4, -0.2) is 22.6 Å². The fourth-order valence-corrected chi connectivity index (χ4v) is 2.55. The van der Waals surface area contributed by atoms with Crippen molar-refractivity contribution in [1.82, 2.24) is 4.98 Å². The zero-order chi connectivity index (χ0) is 13.8. The maximum absolute atomic E-state index is 11.1. The van der Waals surface area contributed by atoms with Gasteiger partial charge in [0, 0.05) is 34.7 Å². The van der Waals surface area contributed by atoms with Crippen molar-refractivity contribution in [1.29, 1.82) is 0 Å². The first-order chi connectivity index (χ1) is 9.08. The molecule has 1 heterocycles. The van der Waals surface area contributed by atoms with E-state index in [2.05, 4.69) is 10.3 Å². The summed E-state index contributed by atoms with van der Waals surface area (Å²) in [6, 6.07) is 4.80. The number of nitrogens with zero attached hydrogens (tertiary/aromatic N) is 1. The average Bonchev–Trinajstić information content (AvgIpc) is 2.90. The maximum Gasteiger partial charge on any atom is 0.337 e. The van der Waals surface area contributed by atoms with Gasteiger partial charge in [-0.15, -0.1) is 11.3 Å². The number of aromatic carboxylic acids is 1. The quantitative estimate of drug-likeness (QED) is 0.883. The Hall–Kier alpha value is -1.59. The van der Waals surface area contributed by atoms with Crippen molar-refractivity contribution in [2.75, 3.05) is 11.9 Å². The third-order valence-corrected chi connectivity index (χ3v) is 3.93. The van der Waals surface area contributed by atoms with Crippen LogP contribution in [0, 0.1) is 0 Å². The summed E-state index contributed by atoms with van der Waals surface area (Å²) in [5, 5.41) is 15.6. The standard InChI is InChI=1S/C13H13ClN2O2S/c1-8(12-15-4-5-19-12)7-16-11-3-2-9(14)6-10(11)13(17)18/h2-6,8,16H,7H2,1H3,(H,17,18). The summed E-state index contributed by atoms with van der Waals surface area (Å²) >= 11 is 7.40. The van der Waals surface area contributed by atoms with Gasteiger partial charge >= 0.3 is 5.97 Å². The number of thiazole rings is 1. The molecular weight excluding hydrogens is 284 g/mol. The van der Waals surface area contributed by atoms with Crippen LogP contribution in [0.25, 0.3) is 0 Å². The highest BCUT2D eigenvalue weighted by atomic mass is 35.5. The Kier molecular flexibility index (Phi) is 4.39. The summed E-state index contributed by atoms with van der Waals surface area (Å²) in [7, 11) is 0. The van der Waals surface area contributed by atoms with E-state index in [0.29, 0.717) is 17.3 Å². The second-order valence-corrected chi connectivity index (χ2v) is 5.51. The molecule has 1 aromatic carbocycles. The highest BCUT2D eigenvalue weighted by Gasteiger charge is 2.13. The molecule has 4 nitrogen and oxygen atoms in total. The van der Waals surface area contributed by atoms with Crippen molar-refractivity contribution in [3.05, 3.63) is 45.4 Å². The Morgan fingerprint density at radius 3 is 3.00 bits per heavy atom. The minimum absolute atomic E-state index is 0.179. The van der Waals surface area contributed by atoms with E-state index in [1.165, 1.54) is 6.07 Å². The minimum Gasteiger partial charge on any atom is -0.478 e. The lowest BCUT2D eigenvalue weighted by Gasteiger charge is -2.13. The molecule has 2 rings (SSSR count). The van der Waals surface area contributed by atoms with Crippen molar-refractivity contribution in [2.45, 2.75) is 12.8 Å². The van der Waals surface area contributed by atoms with E-state index in [-0.39, 0.29) is 11.5 Å². The van der Waals surface area contributed by atoms with Gasteiger partial charge in [-0.3, -0.25) is 0 Å². The van der Waals surface area contributed by atoms with Crippen LogP contribution in [0.4, 0.5) is 5.69 Å². The minimum atomic E-state index is -0.994. The van der Waals surface area contributed by atoms with Crippen LogP contribution >= 0.6 is 22.9 Å². The molecule has 19 heavy (non-hydrogen) atoms. The highest BCUT2D eigenvalue weighted by molar-refractivity contribution is 7.09. The second kappa shape index (κ2) is 6.04. The molecule has 0 spiro atoms. The predicted octanol–water partition coefficient (Wildman–Crippen LogP) is 3.71. The molecule has 1 atom stereocenters. The number of carbonyl (C=O) groups is 1. The summed E-state index contributed by atoms with van der Waals surface area (Å²) in [5.74, 6) is -0.774. The largest absolute Gasteiger partial charge is 0.478 e. The number of halogens is 1. The topological polar surface area (TPSA) is 62.2 Å². The fraction of sp³-hybridized carbons (Fsp3) is 0.231. The summed E-state index contributed by atoms with van der Waals surface area (Å²) < 4.78 is 0. The Balaban J connectivity index is 2.09. The number of carboxylic acid groups (broad SMARTS) is 1. The van der Waals surface area contributed by atoms with Crippen LogP contribution in [0.5, 0.6) is 0 Å². The van der Waals surface area contributed by atoms with Gasteiger partial charge in [-0.05, 0) is 18.2 Å². The number of hydrogen-bond donors (Lipinski definition) is 2. The number of benzene rings is 1. The molecule has 0 saturated carbocycles. The molecule has 1 unspecified atom stereocenters. The lowest BCUT2D eigenvalue weighted by molar-refractivity contribution is 0.0698. The number of nitrogens with one attached hydrogen (secondary N) is 1. The normalized spacial score (nSPS) is 12.1. The number of carboxylic acids is 1. The lowest BCUT2D eigenvalue weighted by atomic mass is 10.1. The van der Waals surface area contributed by atoms with Gasteiger partial charge in [0.15, 0.2) is 0 Å². The molecule has 0 saturated heterocycles. The van der Waals surface area contributed by atoms with Crippen LogP contribution in [0.15, 0.2) is 29.8 Å². The van der Waals surface area contributed by atoms with Crippen molar-refractivity contribution < 1.29 is 9.90 Å². The van der Waals surface area contributed by atoms with E-state index >= 15 is 0 Å². The molecule has 2 aromatic rings. The fourth-order valence-electron chi connectivity index (χ4n) is 1.68. The van der Waals surface area contributed by atoms with Crippen molar-refractivity contribution in [3.63, 3.8) is 0 Å². The highest BCUT2D eigenvalue weighted by Crippen LogP contribution is 2.23. The van der Waals surface area contributed by atoms with Crippen molar-refractivity contribution in [2.24, 2.45) is 0 Å². The molecule has 2 N–H and O–H groups in total. The Bertz CT molecular complexity index is 572. The third-order valence-electron chi connectivity index (χ3n) is 2.68. The summed E-state index contributed by atoms with van der Waals surface area (Å²) in [6.45, 7) is 2.66. The van der Waals surface area contributed by atoms with E-state index in [4.69, 9.17) is 16.7 Å². The molecule has 0 bridgehead atoms. The van der Waals surface area contributed by atoms with E-state index in [9.17, 15) is 4.79 Å². The first kappa shape index (κ1) is 13.8. The van der Waals surface area contributed by atoms with Crippen LogP contribution in [0.3, 0.4) is 0 Å². The van der Waals surface area contributed by atoms with Crippen molar-refractivity contribution in [3.8, 4) is 0 Å². The summed E-state index contributed by atoms with van der Waals surface area (Å²) in [6.07, 6.45) is 1.77. The van der Waals surface area contributed by atoms with Gasteiger partial charge in [-0.2, -0.15) is 0 Å². The molecule has 0 aliphatic rings. The Morgan fingerprint density at radius 1 is 1.58 bits per heavy atom. The first-order valence-electron chi connectivity index (χ1n) is 5.74. The number of rotatable bonds is 5. The molecule has 0 fully saturated rings. The van der Waals surface area contributed by atoms with Gasteiger partial charge in [-0.1, -0.05) is 18.5 Å². The van der Waals surface area contributed by atoms with Gasteiger partial charge < -0.3 is 10.4 Å². The van der Waals surface area contributed by atoms with Crippen LogP contribution in [0.1, 0.15) is 28.2 Å². The molecule has 0 radical (unpaired) electrons. The van der Waals surface area contributed by atoms with Gasteiger partial charge in [-0.25, -0.2) is 9.78 Å². The van der Waals surface area contributed by atoms with E-state index < -0.39 is 5.97 Å². The van der Waals surface area contributed by atoms with Crippen LogP contribution < -0.4 is 5.32 Å². The van der Waals surface area contributed by atoms with Gasteiger partial charge in [0.25, 0.3) is 0 Å². The molecule has 6 heteroatoms. The first-order valence-corrected chi connectivity index (χ1v) is 7.00. The van der Waals surface area contributed by atoms with E-state index in [1.54, 1.807) is 29.7 Å². The molecule has 0 amide bonds. The van der Waals surface area contributed by atoms with E-state index in [0.717, 1.165) is 5.01 Å². The van der Waals surface area contributed by atoms with Gasteiger partial charge in [0.05, 0.1) is 10.6 Å². The number of anilines is 1. The molecule has 0 aliphatic heterocycles. The van der Waals surface area contributed by atoms with Gasteiger partial charge in [0.2, 0.25) is 0 Å². The maximum atomic E-state index is 11.1. The monoisotopic (exact) mass is 296 g/mol. The second-order valence-electron chi connectivity index (χ2n) is 4.15. The molecule has 0 aliphatic carbocycles. The average molecular weight is 297 g/mol. The smallest absolute Gasteiger partial charge is 0.337 e. The number of hydrogen-bond acceptors (Lipinski definition) is 4. The Labute approximate surface area is 120 Å². The zero-order valence-corrected chi connectivity index (χ0v) is 11.8. The Morgan fingerprint density at radius 2 is 2.37 bits per heavy atom. The number of aromatic nitrogens is 1. The van der Waals surface area contributed by atoms with E-state index in [1.807, 2.05) is 12.3 Å². The molecule has 100 valence electrons. The summed E-state index contributed by atoms with van der Waals surface area (Å²) in [5.41, 5.74) is 0.749. The van der Waals surface area contributed by atoms with Crippen LogP contribution in [0.2, 0.25) is 5.02 Å². The molecule has 1 aromatic heterocycles. The van der Waals surface area contributed by atoms with Crippen LogP contribution in [-0.2, 0) is 0 Å².